The highest BCUT2D eigenvalue weighted by Gasteiger charge is 2.40. The average Bonchev–Trinajstić information content (AvgIpc) is 2.76. The van der Waals surface area contributed by atoms with E-state index in [0.29, 0.717) is 5.69 Å². The molecule has 1 saturated heterocycles. The van der Waals surface area contributed by atoms with E-state index in [1.807, 2.05) is 37.3 Å². The minimum Gasteiger partial charge on any atom is -0.274 e. The van der Waals surface area contributed by atoms with Gasteiger partial charge in [-0.1, -0.05) is 35.5 Å². The van der Waals surface area contributed by atoms with Gasteiger partial charge in [-0.2, -0.15) is 0 Å². The molecule has 0 unspecified atom stereocenters. The van der Waals surface area contributed by atoms with Crippen molar-refractivity contribution >= 4 is 29.3 Å². The van der Waals surface area contributed by atoms with Crippen LogP contribution in [0.1, 0.15) is 12.0 Å². The monoisotopic (exact) mass is 298 g/mol. The van der Waals surface area contributed by atoms with Crippen LogP contribution >= 0.6 is 11.8 Å². The highest BCUT2D eigenvalue weighted by Crippen LogP contribution is 2.32. The number of hydrogen-bond donors (Lipinski definition) is 0. The summed E-state index contributed by atoms with van der Waals surface area (Å²) in [6, 6.07) is 12.9. The Morgan fingerprint density at radius 2 is 1.90 bits per heavy atom. The fraction of sp³-hybridized carbons (Fsp3) is 0.188. The molecule has 0 bridgehead atoms. The second kappa shape index (κ2) is 5.69. The zero-order valence-electron chi connectivity index (χ0n) is 11.5. The van der Waals surface area contributed by atoms with Crippen molar-refractivity contribution in [2.45, 2.75) is 23.6 Å². The van der Waals surface area contributed by atoms with E-state index in [4.69, 9.17) is 0 Å². The summed E-state index contributed by atoms with van der Waals surface area (Å²) in [5.74, 6) is -0.322. The lowest BCUT2D eigenvalue weighted by atomic mass is 10.2. The number of carbonyl (C=O) groups excluding carboxylic acids is 2. The molecule has 106 valence electrons. The number of imide groups is 1. The Hall–Kier alpha value is -2.14. The summed E-state index contributed by atoms with van der Waals surface area (Å²) >= 11 is 1.34. The van der Waals surface area contributed by atoms with Gasteiger partial charge in [-0.05, 0) is 31.2 Å². The summed E-state index contributed by atoms with van der Waals surface area (Å²) < 4.78 is 0. The molecule has 2 heterocycles. The van der Waals surface area contributed by atoms with Crippen LogP contribution in [0.25, 0.3) is 0 Å². The molecule has 1 aromatic carbocycles. The van der Waals surface area contributed by atoms with E-state index >= 15 is 0 Å². The summed E-state index contributed by atoms with van der Waals surface area (Å²) in [5.41, 5.74) is 1.73. The summed E-state index contributed by atoms with van der Waals surface area (Å²) in [5, 5.41) is 0.364. The van der Waals surface area contributed by atoms with E-state index in [1.54, 1.807) is 18.3 Å². The molecule has 1 aliphatic heterocycles. The molecule has 0 N–H and O–H groups in total. The van der Waals surface area contributed by atoms with Crippen LogP contribution in [-0.4, -0.2) is 22.0 Å². The van der Waals surface area contributed by atoms with Gasteiger partial charge in [0.25, 0.3) is 0 Å². The maximum atomic E-state index is 12.5. The van der Waals surface area contributed by atoms with Crippen LogP contribution in [0.2, 0.25) is 0 Å². The van der Waals surface area contributed by atoms with Gasteiger partial charge < -0.3 is 0 Å². The molecule has 0 radical (unpaired) electrons. The third-order valence-electron chi connectivity index (χ3n) is 3.30. The number of nitrogens with zero attached hydrogens (tertiary/aromatic N) is 2. The molecule has 2 amide bonds. The number of rotatable bonds is 3. The molecule has 0 spiro atoms. The van der Waals surface area contributed by atoms with Gasteiger partial charge >= 0.3 is 0 Å². The molecule has 1 atom stereocenters. The fourth-order valence-corrected chi connectivity index (χ4v) is 3.23. The van der Waals surface area contributed by atoms with E-state index in [-0.39, 0.29) is 18.2 Å². The molecular weight excluding hydrogens is 284 g/mol. The lowest BCUT2D eigenvalue weighted by Crippen LogP contribution is -2.31. The molecule has 1 aliphatic rings. The van der Waals surface area contributed by atoms with Gasteiger partial charge in [0.15, 0.2) is 0 Å². The van der Waals surface area contributed by atoms with E-state index in [9.17, 15) is 9.59 Å². The highest BCUT2D eigenvalue weighted by atomic mass is 32.2. The van der Waals surface area contributed by atoms with E-state index in [1.165, 1.54) is 16.7 Å². The SMILES string of the molecule is Cc1ccc(N2C(=O)C[C@@H](Sc3ccccn3)C2=O)cc1. The zero-order valence-corrected chi connectivity index (χ0v) is 12.3. The van der Waals surface area contributed by atoms with Crippen LogP contribution in [0.3, 0.4) is 0 Å². The van der Waals surface area contributed by atoms with Crippen LogP contribution in [0.15, 0.2) is 53.7 Å². The second-order valence-corrected chi connectivity index (χ2v) is 6.10. The van der Waals surface area contributed by atoms with E-state index in [2.05, 4.69) is 4.98 Å². The Morgan fingerprint density at radius 3 is 2.57 bits per heavy atom. The van der Waals surface area contributed by atoms with Crippen LogP contribution in [0, 0.1) is 6.92 Å². The molecule has 2 aromatic rings. The Morgan fingerprint density at radius 1 is 1.14 bits per heavy atom. The molecule has 1 aromatic heterocycles. The minimum atomic E-state index is -0.395. The van der Waals surface area contributed by atoms with Gasteiger partial charge in [-0.25, -0.2) is 9.88 Å². The van der Waals surface area contributed by atoms with Crippen LogP contribution in [0.4, 0.5) is 5.69 Å². The smallest absolute Gasteiger partial charge is 0.247 e. The Kier molecular flexibility index (Phi) is 3.75. The van der Waals surface area contributed by atoms with Gasteiger partial charge in [0.1, 0.15) is 0 Å². The van der Waals surface area contributed by atoms with Gasteiger partial charge in [-0.15, -0.1) is 0 Å². The predicted octanol–water partition coefficient (Wildman–Crippen LogP) is 2.81. The number of amides is 2. The van der Waals surface area contributed by atoms with Crippen molar-refractivity contribution in [3.05, 3.63) is 54.2 Å². The summed E-state index contributed by atoms with van der Waals surface area (Å²) in [4.78, 5) is 30.1. The maximum absolute atomic E-state index is 12.5. The van der Waals surface area contributed by atoms with Crippen molar-refractivity contribution in [1.29, 1.82) is 0 Å². The first-order chi connectivity index (χ1) is 10.1. The van der Waals surface area contributed by atoms with Crippen molar-refractivity contribution in [3.63, 3.8) is 0 Å². The summed E-state index contributed by atoms with van der Waals surface area (Å²) in [6.45, 7) is 1.97. The van der Waals surface area contributed by atoms with Crippen LogP contribution in [0.5, 0.6) is 0 Å². The molecular formula is C16H14N2O2S. The molecule has 3 rings (SSSR count). The first-order valence-corrected chi connectivity index (χ1v) is 7.54. The Balaban J connectivity index is 1.80. The maximum Gasteiger partial charge on any atom is 0.247 e. The van der Waals surface area contributed by atoms with Crippen molar-refractivity contribution in [2.75, 3.05) is 4.90 Å². The quantitative estimate of drug-likeness (QED) is 0.818. The molecule has 1 fully saturated rings. The molecule has 0 aliphatic carbocycles. The van der Waals surface area contributed by atoms with Gasteiger partial charge in [-0.3, -0.25) is 9.59 Å². The second-order valence-electron chi connectivity index (χ2n) is 4.88. The van der Waals surface area contributed by atoms with Crippen molar-refractivity contribution in [1.82, 2.24) is 4.98 Å². The number of pyridine rings is 1. The molecule has 21 heavy (non-hydrogen) atoms. The van der Waals surface area contributed by atoms with Crippen molar-refractivity contribution < 1.29 is 9.59 Å². The third-order valence-corrected chi connectivity index (χ3v) is 4.43. The third kappa shape index (κ3) is 2.83. The van der Waals surface area contributed by atoms with E-state index in [0.717, 1.165) is 10.6 Å². The highest BCUT2D eigenvalue weighted by molar-refractivity contribution is 8.00. The molecule has 0 saturated carbocycles. The lowest BCUT2D eigenvalue weighted by molar-refractivity contribution is -0.121. The fourth-order valence-electron chi connectivity index (χ4n) is 2.22. The zero-order chi connectivity index (χ0) is 14.8. The van der Waals surface area contributed by atoms with Gasteiger partial charge in [0, 0.05) is 12.6 Å². The number of hydrogen-bond acceptors (Lipinski definition) is 4. The first-order valence-electron chi connectivity index (χ1n) is 6.66. The number of thioether (sulfide) groups is 1. The van der Waals surface area contributed by atoms with Gasteiger partial charge in [0.05, 0.1) is 16.0 Å². The standard InChI is InChI=1S/C16H14N2O2S/c1-11-5-7-12(8-6-11)18-15(19)10-13(16(18)20)21-14-4-2-3-9-17-14/h2-9,13H,10H2,1H3/t13-/m1/s1. The number of carbonyl (C=O) groups is 2. The topological polar surface area (TPSA) is 50.3 Å². The van der Waals surface area contributed by atoms with Gasteiger partial charge in [0.2, 0.25) is 11.8 Å². The predicted molar refractivity (Wildman–Crippen MR) is 82.2 cm³/mol. The number of aryl methyl sites for hydroxylation is 1. The number of benzene rings is 1. The Labute approximate surface area is 127 Å². The first kappa shape index (κ1) is 13.8. The Bertz CT molecular complexity index is 670. The summed E-state index contributed by atoms with van der Waals surface area (Å²) in [7, 11) is 0. The van der Waals surface area contributed by atoms with Crippen molar-refractivity contribution in [2.24, 2.45) is 0 Å². The van der Waals surface area contributed by atoms with Crippen molar-refractivity contribution in [3.8, 4) is 0 Å². The molecule has 4 nitrogen and oxygen atoms in total. The largest absolute Gasteiger partial charge is 0.274 e. The average molecular weight is 298 g/mol. The summed E-state index contributed by atoms with van der Waals surface area (Å²) in [6.07, 6.45) is 1.90. The number of aromatic nitrogens is 1. The normalized spacial score (nSPS) is 18.3. The lowest BCUT2D eigenvalue weighted by Gasteiger charge is -2.15. The number of anilines is 1. The molecule has 5 heteroatoms. The minimum absolute atomic E-state index is 0.155. The van der Waals surface area contributed by atoms with Crippen LogP contribution < -0.4 is 4.90 Å². The van der Waals surface area contributed by atoms with Crippen LogP contribution in [-0.2, 0) is 9.59 Å². The van der Waals surface area contributed by atoms with E-state index < -0.39 is 5.25 Å².